The van der Waals surface area contributed by atoms with Gasteiger partial charge >= 0.3 is 0 Å². The van der Waals surface area contributed by atoms with Gasteiger partial charge < -0.3 is 10.1 Å². The van der Waals surface area contributed by atoms with Crippen molar-refractivity contribution >= 4 is 11.8 Å². The van der Waals surface area contributed by atoms with Crippen LogP contribution in [0.1, 0.15) is 38.5 Å². The highest BCUT2D eigenvalue weighted by Crippen LogP contribution is 2.29. The van der Waals surface area contributed by atoms with Gasteiger partial charge in [0.25, 0.3) is 0 Å². The Labute approximate surface area is 103 Å². The van der Waals surface area contributed by atoms with Crippen molar-refractivity contribution in [2.75, 3.05) is 19.4 Å². The van der Waals surface area contributed by atoms with E-state index in [-0.39, 0.29) is 0 Å². The lowest BCUT2D eigenvalue weighted by Gasteiger charge is -2.24. The second kappa shape index (κ2) is 6.55. The van der Waals surface area contributed by atoms with E-state index < -0.39 is 0 Å². The van der Waals surface area contributed by atoms with Crippen molar-refractivity contribution in [1.82, 2.24) is 5.32 Å². The molecule has 0 aromatic heterocycles. The largest absolute Gasteiger partial charge is 0.496 e. The predicted octanol–water partition coefficient (Wildman–Crippen LogP) is 2.94. The molecular formula is C13H23NOS. The molecular weight excluding hydrogens is 218 g/mol. The molecule has 0 radical (unpaired) electrons. The normalized spacial score (nSPS) is 23.9. The van der Waals surface area contributed by atoms with Gasteiger partial charge in [-0.3, -0.25) is 0 Å². The molecule has 2 aliphatic rings. The summed E-state index contributed by atoms with van der Waals surface area (Å²) < 4.78 is 5.63. The SMILES string of the molecule is CNC(CSC1CCCCC1)C1=CCCO1. The van der Waals surface area contributed by atoms with E-state index in [0.717, 1.165) is 24.0 Å². The maximum Gasteiger partial charge on any atom is 0.110 e. The molecule has 1 aliphatic carbocycles. The maximum atomic E-state index is 5.63. The Morgan fingerprint density at radius 3 is 2.88 bits per heavy atom. The Balaban J connectivity index is 1.73. The molecule has 1 aliphatic heterocycles. The zero-order chi connectivity index (χ0) is 11.2. The second-order valence-corrected chi connectivity index (χ2v) is 6.01. The van der Waals surface area contributed by atoms with E-state index in [4.69, 9.17) is 4.74 Å². The number of thioether (sulfide) groups is 1. The Morgan fingerprint density at radius 1 is 1.44 bits per heavy atom. The highest BCUT2D eigenvalue weighted by atomic mass is 32.2. The molecule has 0 saturated heterocycles. The first-order valence-electron chi connectivity index (χ1n) is 6.52. The zero-order valence-electron chi connectivity index (χ0n) is 10.2. The van der Waals surface area contributed by atoms with Crippen LogP contribution in [0.2, 0.25) is 0 Å². The number of rotatable bonds is 5. The van der Waals surface area contributed by atoms with Gasteiger partial charge in [0.05, 0.1) is 12.6 Å². The van der Waals surface area contributed by atoms with E-state index in [1.165, 1.54) is 37.9 Å². The van der Waals surface area contributed by atoms with Crippen LogP contribution in [0.25, 0.3) is 0 Å². The summed E-state index contributed by atoms with van der Waals surface area (Å²) >= 11 is 2.13. The van der Waals surface area contributed by atoms with Gasteiger partial charge in [-0.25, -0.2) is 0 Å². The minimum Gasteiger partial charge on any atom is -0.496 e. The summed E-state index contributed by atoms with van der Waals surface area (Å²) in [6.45, 7) is 0.877. The van der Waals surface area contributed by atoms with Gasteiger partial charge in [-0.1, -0.05) is 19.3 Å². The van der Waals surface area contributed by atoms with Crippen LogP contribution in [0.3, 0.4) is 0 Å². The zero-order valence-corrected chi connectivity index (χ0v) is 11.0. The van der Waals surface area contributed by atoms with Crippen LogP contribution in [0, 0.1) is 0 Å². The highest BCUT2D eigenvalue weighted by molar-refractivity contribution is 7.99. The summed E-state index contributed by atoms with van der Waals surface area (Å²) in [5.74, 6) is 2.33. The van der Waals surface area contributed by atoms with Crippen LogP contribution >= 0.6 is 11.8 Å². The van der Waals surface area contributed by atoms with Crippen molar-refractivity contribution in [1.29, 1.82) is 0 Å². The minimum absolute atomic E-state index is 0.425. The number of nitrogens with one attached hydrogen (secondary N) is 1. The first-order valence-corrected chi connectivity index (χ1v) is 7.56. The van der Waals surface area contributed by atoms with Gasteiger partial charge in [0.2, 0.25) is 0 Å². The van der Waals surface area contributed by atoms with Crippen molar-refractivity contribution in [3.05, 3.63) is 11.8 Å². The summed E-state index contributed by atoms with van der Waals surface area (Å²) in [4.78, 5) is 0. The Morgan fingerprint density at radius 2 is 2.25 bits per heavy atom. The molecule has 2 rings (SSSR count). The molecule has 0 amide bonds. The van der Waals surface area contributed by atoms with E-state index in [1.807, 2.05) is 7.05 Å². The molecule has 1 fully saturated rings. The number of hydrogen-bond donors (Lipinski definition) is 1. The minimum atomic E-state index is 0.425. The van der Waals surface area contributed by atoms with Crippen LogP contribution in [-0.2, 0) is 4.74 Å². The Kier molecular flexibility index (Phi) is 5.04. The number of likely N-dealkylation sites (N-methyl/N-ethyl adjacent to an activating group) is 1. The molecule has 0 spiro atoms. The number of ether oxygens (including phenoxy) is 1. The molecule has 0 aromatic rings. The third kappa shape index (κ3) is 3.42. The molecule has 0 bridgehead atoms. The van der Waals surface area contributed by atoms with E-state index >= 15 is 0 Å². The molecule has 1 heterocycles. The summed E-state index contributed by atoms with van der Waals surface area (Å²) in [5, 5.41) is 4.26. The first-order chi connectivity index (χ1) is 7.90. The van der Waals surface area contributed by atoms with Gasteiger partial charge in [-0.15, -0.1) is 0 Å². The van der Waals surface area contributed by atoms with Gasteiger partial charge in [0.15, 0.2) is 0 Å². The Hall–Kier alpha value is -0.150. The fourth-order valence-corrected chi connectivity index (χ4v) is 3.91. The predicted molar refractivity (Wildman–Crippen MR) is 70.8 cm³/mol. The third-order valence-corrected chi connectivity index (χ3v) is 4.94. The monoisotopic (exact) mass is 241 g/mol. The quantitative estimate of drug-likeness (QED) is 0.799. The smallest absolute Gasteiger partial charge is 0.110 e. The molecule has 16 heavy (non-hydrogen) atoms. The molecule has 1 N–H and O–H groups in total. The van der Waals surface area contributed by atoms with E-state index in [1.54, 1.807) is 0 Å². The third-order valence-electron chi connectivity index (χ3n) is 3.47. The molecule has 0 aromatic carbocycles. The van der Waals surface area contributed by atoms with Crippen molar-refractivity contribution in [2.45, 2.75) is 49.8 Å². The summed E-state index contributed by atoms with van der Waals surface area (Å²) in [6.07, 6.45) is 10.5. The Bertz CT molecular complexity index is 236. The molecule has 3 heteroatoms. The van der Waals surface area contributed by atoms with Crippen LogP contribution in [0.5, 0.6) is 0 Å². The topological polar surface area (TPSA) is 21.3 Å². The van der Waals surface area contributed by atoms with Crippen LogP contribution in [0.4, 0.5) is 0 Å². The average Bonchev–Trinajstić information content (AvgIpc) is 2.85. The molecule has 1 unspecified atom stereocenters. The lowest BCUT2D eigenvalue weighted by Crippen LogP contribution is -2.31. The van der Waals surface area contributed by atoms with Crippen LogP contribution < -0.4 is 5.32 Å². The van der Waals surface area contributed by atoms with Crippen LogP contribution in [-0.4, -0.2) is 30.7 Å². The van der Waals surface area contributed by atoms with Gasteiger partial charge in [-0.2, -0.15) is 11.8 Å². The molecule has 1 saturated carbocycles. The van der Waals surface area contributed by atoms with Crippen molar-refractivity contribution in [3.8, 4) is 0 Å². The van der Waals surface area contributed by atoms with Crippen molar-refractivity contribution in [3.63, 3.8) is 0 Å². The standard InChI is InChI=1S/C13H23NOS/c1-14-12(13-8-5-9-15-13)10-16-11-6-3-2-4-7-11/h8,11-12,14H,2-7,9-10H2,1H3. The average molecular weight is 241 g/mol. The first kappa shape index (κ1) is 12.3. The summed E-state index contributed by atoms with van der Waals surface area (Å²) in [6, 6.07) is 0.425. The fraction of sp³-hybridized carbons (Fsp3) is 0.846. The van der Waals surface area contributed by atoms with Crippen molar-refractivity contribution < 1.29 is 4.74 Å². The van der Waals surface area contributed by atoms with Gasteiger partial charge in [-0.05, 0) is 26.0 Å². The van der Waals surface area contributed by atoms with E-state index in [0.29, 0.717) is 6.04 Å². The lowest BCUT2D eigenvalue weighted by molar-refractivity contribution is 0.222. The summed E-state index contributed by atoms with van der Waals surface area (Å²) in [7, 11) is 2.04. The van der Waals surface area contributed by atoms with E-state index in [9.17, 15) is 0 Å². The highest BCUT2D eigenvalue weighted by Gasteiger charge is 2.20. The molecule has 1 atom stereocenters. The molecule has 2 nitrogen and oxygen atoms in total. The molecule has 92 valence electrons. The lowest BCUT2D eigenvalue weighted by atomic mass is 10.0. The van der Waals surface area contributed by atoms with Crippen LogP contribution in [0.15, 0.2) is 11.8 Å². The fourth-order valence-electron chi connectivity index (χ4n) is 2.45. The van der Waals surface area contributed by atoms with Gasteiger partial charge in [0.1, 0.15) is 5.76 Å². The number of hydrogen-bond acceptors (Lipinski definition) is 3. The van der Waals surface area contributed by atoms with E-state index in [2.05, 4.69) is 23.2 Å². The maximum absolute atomic E-state index is 5.63. The van der Waals surface area contributed by atoms with Crippen molar-refractivity contribution in [2.24, 2.45) is 0 Å². The second-order valence-electron chi connectivity index (χ2n) is 4.68. The summed E-state index contributed by atoms with van der Waals surface area (Å²) in [5.41, 5.74) is 0. The van der Waals surface area contributed by atoms with Gasteiger partial charge in [0, 0.05) is 17.4 Å².